The Bertz CT molecular complexity index is 287. The average Bonchev–Trinajstić information content (AvgIpc) is 2.15. The highest BCUT2D eigenvalue weighted by Gasteiger charge is 2.08. The summed E-state index contributed by atoms with van der Waals surface area (Å²) in [6, 6.07) is 3.72. The number of carboxylic acid groups (broad SMARTS) is 1. The van der Waals surface area contributed by atoms with Crippen LogP contribution in [0, 0.1) is 0 Å². The molecular formula is C10H13NO3. The number of rotatable bonds is 5. The van der Waals surface area contributed by atoms with Crippen LogP contribution in [0.25, 0.3) is 0 Å². The lowest BCUT2D eigenvalue weighted by atomic mass is 10.1. The van der Waals surface area contributed by atoms with Gasteiger partial charge in [0.05, 0.1) is 12.5 Å². The van der Waals surface area contributed by atoms with Crippen molar-refractivity contribution >= 4 is 5.97 Å². The molecule has 0 bridgehead atoms. The predicted octanol–water partition coefficient (Wildman–Crippen LogP) is 0.850. The Morgan fingerprint density at radius 3 is 2.93 bits per heavy atom. The molecule has 0 saturated carbocycles. The number of pyridine rings is 1. The van der Waals surface area contributed by atoms with Crippen LogP contribution in [0.3, 0.4) is 0 Å². The first-order valence-corrected chi connectivity index (χ1v) is 4.47. The van der Waals surface area contributed by atoms with E-state index >= 15 is 0 Å². The summed E-state index contributed by atoms with van der Waals surface area (Å²) >= 11 is 0. The summed E-state index contributed by atoms with van der Waals surface area (Å²) in [6.07, 6.45) is 3.54. The molecule has 0 aliphatic rings. The Morgan fingerprint density at radius 2 is 2.36 bits per heavy atom. The molecule has 0 saturated heterocycles. The fraction of sp³-hybridized carbons (Fsp3) is 0.400. The number of aliphatic hydroxyl groups is 1. The van der Waals surface area contributed by atoms with Gasteiger partial charge in [0.1, 0.15) is 0 Å². The van der Waals surface area contributed by atoms with Gasteiger partial charge in [-0.2, -0.15) is 0 Å². The molecule has 2 N–H and O–H groups in total. The van der Waals surface area contributed by atoms with E-state index in [2.05, 4.69) is 4.98 Å². The molecule has 0 aromatic carbocycles. The maximum absolute atomic E-state index is 10.2. The number of carbonyl (C=O) groups is 1. The van der Waals surface area contributed by atoms with Crippen LogP contribution in [0.15, 0.2) is 24.5 Å². The van der Waals surface area contributed by atoms with Crippen LogP contribution in [0.1, 0.15) is 18.4 Å². The van der Waals surface area contributed by atoms with E-state index in [-0.39, 0.29) is 6.42 Å². The third-order valence-electron chi connectivity index (χ3n) is 1.90. The van der Waals surface area contributed by atoms with Crippen molar-refractivity contribution in [1.29, 1.82) is 0 Å². The Kier molecular flexibility index (Phi) is 4.07. The van der Waals surface area contributed by atoms with Gasteiger partial charge in [-0.15, -0.1) is 0 Å². The van der Waals surface area contributed by atoms with Gasteiger partial charge in [0.25, 0.3) is 0 Å². The lowest BCUT2D eigenvalue weighted by molar-refractivity contribution is -0.139. The van der Waals surface area contributed by atoms with E-state index in [1.807, 2.05) is 12.1 Å². The molecule has 4 nitrogen and oxygen atoms in total. The highest BCUT2D eigenvalue weighted by atomic mass is 16.4. The molecule has 1 rings (SSSR count). The number of aliphatic hydroxyl groups excluding tert-OH is 1. The van der Waals surface area contributed by atoms with Crippen molar-refractivity contribution in [2.24, 2.45) is 0 Å². The van der Waals surface area contributed by atoms with Crippen LogP contribution in [0.2, 0.25) is 0 Å². The van der Waals surface area contributed by atoms with Gasteiger partial charge in [-0.25, -0.2) is 0 Å². The fourth-order valence-corrected chi connectivity index (χ4v) is 1.18. The van der Waals surface area contributed by atoms with E-state index in [1.165, 1.54) is 0 Å². The van der Waals surface area contributed by atoms with Crippen LogP contribution in [0.4, 0.5) is 0 Å². The average molecular weight is 195 g/mol. The fourth-order valence-electron chi connectivity index (χ4n) is 1.18. The molecule has 4 heteroatoms. The molecule has 1 aromatic rings. The third kappa shape index (κ3) is 4.00. The zero-order chi connectivity index (χ0) is 10.4. The molecular weight excluding hydrogens is 182 g/mol. The first-order chi connectivity index (χ1) is 6.68. The first-order valence-electron chi connectivity index (χ1n) is 4.47. The molecule has 0 fully saturated rings. The molecule has 0 aliphatic carbocycles. The molecule has 0 radical (unpaired) electrons. The second-order valence-corrected chi connectivity index (χ2v) is 3.15. The normalized spacial score (nSPS) is 12.4. The van der Waals surface area contributed by atoms with Gasteiger partial charge in [0.15, 0.2) is 0 Å². The Labute approximate surface area is 82.2 Å². The lowest BCUT2D eigenvalue weighted by Gasteiger charge is -2.06. The number of aliphatic carboxylic acids is 1. The van der Waals surface area contributed by atoms with Crippen molar-refractivity contribution in [3.05, 3.63) is 30.1 Å². The highest BCUT2D eigenvalue weighted by molar-refractivity contribution is 5.67. The maximum Gasteiger partial charge on any atom is 0.305 e. The summed E-state index contributed by atoms with van der Waals surface area (Å²) in [4.78, 5) is 14.2. The highest BCUT2D eigenvalue weighted by Crippen LogP contribution is 2.05. The molecule has 76 valence electrons. The standard InChI is InChI=1S/C10H13NO3/c12-9(6-10(13)14)4-3-8-2-1-5-11-7-8/h1-2,5,7,9,12H,3-4,6H2,(H,13,14). The third-order valence-corrected chi connectivity index (χ3v) is 1.90. The van der Waals surface area contributed by atoms with Crippen LogP contribution >= 0.6 is 0 Å². The van der Waals surface area contributed by atoms with E-state index in [4.69, 9.17) is 5.11 Å². The van der Waals surface area contributed by atoms with Gasteiger partial charge in [0.2, 0.25) is 0 Å². The number of hydrogen-bond acceptors (Lipinski definition) is 3. The monoisotopic (exact) mass is 195 g/mol. The van der Waals surface area contributed by atoms with E-state index in [0.29, 0.717) is 12.8 Å². The minimum Gasteiger partial charge on any atom is -0.481 e. The van der Waals surface area contributed by atoms with Crippen LogP contribution in [-0.4, -0.2) is 27.3 Å². The number of hydrogen-bond donors (Lipinski definition) is 2. The van der Waals surface area contributed by atoms with E-state index in [9.17, 15) is 9.90 Å². The molecule has 1 atom stereocenters. The SMILES string of the molecule is O=C(O)CC(O)CCc1cccnc1. The molecule has 1 heterocycles. The zero-order valence-corrected chi connectivity index (χ0v) is 7.76. The van der Waals surface area contributed by atoms with E-state index < -0.39 is 12.1 Å². The van der Waals surface area contributed by atoms with Gasteiger partial charge in [-0.1, -0.05) is 6.07 Å². The summed E-state index contributed by atoms with van der Waals surface area (Å²) < 4.78 is 0. The minimum absolute atomic E-state index is 0.194. The number of aromatic nitrogens is 1. The minimum atomic E-state index is -0.969. The molecule has 0 spiro atoms. The van der Waals surface area contributed by atoms with Crippen molar-refractivity contribution in [1.82, 2.24) is 4.98 Å². The second-order valence-electron chi connectivity index (χ2n) is 3.15. The van der Waals surface area contributed by atoms with E-state index in [0.717, 1.165) is 5.56 Å². The van der Waals surface area contributed by atoms with Gasteiger partial charge in [0, 0.05) is 12.4 Å². The number of nitrogens with zero attached hydrogens (tertiary/aromatic N) is 1. The predicted molar refractivity (Wildman–Crippen MR) is 50.8 cm³/mol. The molecule has 14 heavy (non-hydrogen) atoms. The van der Waals surface area contributed by atoms with Crippen LogP contribution in [-0.2, 0) is 11.2 Å². The van der Waals surface area contributed by atoms with Crippen LogP contribution in [0.5, 0.6) is 0 Å². The Morgan fingerprint density at radius 1 is 1.57 bits per heavy atom. The lowest BCUT2D eigenvalue weighted by Crippen LogP contribution is -2.13. The summed E-state index contributed by atoms with van der Waals surface area (Å²) in [5.74, 6) is -0.969. The van der Waals surface area contributed by atoms with Gasteiger partial charge >= 0.3 is 5.97 Å². The van der Waals surface area contributed by atoms with Crippen molar-refractivity contribution in [3.8, 4) is 0 Å². The van der Waals surface area contributed by atoms with Crippen molar-refractivity contribution in [2.75, 3.05) is 0 Å². The van der Waals surface area contributed by atoms with Crippen molar-refractivity contribution in [2.45, 2.75) is 25.4 Å². The van der Waals surface area contributed by atoms with Crippen molar-refractivity contribution < 1.29 is 15.0 Å². The van der Waals surface area contributed by atoms with E-state index in [1.54, 1.807) is 12.4 Å². The van der Waals surface area contributed by atoms with Crippen molar-refractivity contribution in [3.63, 3.8) is 0 Å². The second kappa shape index (κ2) is 5.34. The largest absolute Gasteiger partial charge is 0.481 e. The van der Waals surface area contributed by atoms with Crippen LogP contribution < -0.4 is 0 Å². The smallest absolute Gasteiger partial charge is 0.305 e. The summed E-state index contributed by atoms with van der Waals surface area (Å²) in [5, 5.41) is 17.7. The topological polar surface area (TPSA) is 70.4 Å². The maximum atomic E-state index is 10.2. The quantitative estimate of drug-likeness (QED) is 0.730. The molecule has 0 aliphatic heterocycles. The van der Waals surface area contributed by atoms with Gasteiger partial charge < -0.3 is 10.2 Å². The summed E-state index contributed by atoms with van der Waals surface area (Å²) in [6.45, 7) is 0. The molecule has 1 aromatic heterocycles. The summed E-state index contributed by atoms with van der Waals surface area (Å²) in [5.41, 5.74) is 1.01. The summed E-state index contributed by atoms with van der Waals surface area (Å²) in [7, 11) is 0. The molecule has 0 amide bonds. The zero-order valence-electron chi connectivity index (χ0n) is 7.76. The Hall–Kier alpha value is -1.42. The molecule has 1 unspecified atom stereocenters. The first kappa shape index (κ1) is 10.7. The number of carboxylic acids is 1. The van der Waals surface area contributed by atoms with Gasteiger partial charge in [-0.05, 0) is 24.5 Å². The van der Waals surface area contributed by atoms with Gasteiger partial charge in [-0.3, -0.25) is 9.78 Å². The number of aryl methyl sites for hydroxylation is 1. The Balaban J connectivity index is 2.30.